The molecule has 9 heteroatoms. The molecule has 0 aliphatic heterocycles. The molecular formula is C11H17N3O5S. The highest BCUT2D eigenvalue weighted by molar-refractivity contribution is 7.89. The molecule has 0 radical (unpaired) electrons. The quantitative estimate of drug-likeness (QED) is 0.333. The average molecular weight is 303 g/mol. The SMILES string of the molecule is CC(C)OCCNS(=O)(=O)c1ccc(N)cc1[N+](=O)[O-]. The molecule has 0 amide bonds. The third kappa shape index (κ3) is 4.44. The molecule has 0 bridgehead atoms. The first kappa shape index (κ1) is 16.3. The monoisotopic (exact) mass is 303 g/mol. The van der Waals surface area contributed by atoms with Crippen molar-refractivity contribution in [3.8, 4) is 0 Å². The van der Waals surface area contributed by atoms with Crippen LogP contribution in [0, 0.1) is 10.1 Å². The van der Waals surface area contributed by atoms with Gasteiger partial charge in [-0.25, -0.2) is 13.1 Å². The second-order valence-electron chi connectivity index (χ2n) is 4.30. The standard InChI is InChI=1S/C11H17N3O5S/c1-8(2)19-6-5-13-20(17,18)11-4-3-9(12)7-10(11)14(15)16/h3-4,7-8,13H,5-6,12H2,1-2H3. The molecule has 112 valence electrons. The number of nitrogens with one attached hydrogen (secondary N) is 1. The van der Waals surface area contributed by atoms with E-state index in [1.54, 1.807) is 0 Å². The lowest BCUT2D eigenvalue weighted by atomic mass is 10.3. The van der Waals surface area contributed by atoms with Crippen LogP contribution in [0.4, 0.5) is 11.4 Å². The third-order valence-corrected chi connectivity index (χ3v) is 3.82. The van der Waals surface area contributed by atoms with E-state index >= 15 is 0 Å². The summed E-state index contributed by atoms with van der Waals surface area (Å²) in [4.78, 5) is 9.68. The molecule has 0 heterocycles. The van der Waals surface area contributed by atoms with Gasteiger partial charge in [-0.1, -0.05) is 0 Å². The Balaban J connectivity index is 2.90. The van der Waals surface area contributed by atoms with Gasteiger partial charge in [0, 0.05) is 18.3 Å². The highest BCUT2D eigenvalue weighted by Gasteiger charge is 2.25. The van der Waals surface area contributed by atoms with Crippen molar-refractivity contribution in [1.29, 1.82) is 0 Å². The van der Waals surface area contributed by atoms with Crippen LogP contribution in [0.1, 0.15) is 13.8 Å². The van der Waals surface area contributed by atoms with E-state index in [9.17, 15) is 18.5 Å². The van der Waals surface area contributed by atoms with Crippen LogP contribution >= 0.6 is 0 Å². The van der Waals surface area contributed by atoms with Gasteiger partial charge in [0.2, 0.25) is 10.0 Å². The molecule has 3 N–H and O–H groups in total. The first-order valence-corrected chi connectivity index (χ1v) is 7.37. The highest BCUT2D eigenvalue weighted by atomic mass is 32.2. The number of benzene rings is 1. The number of nitrogen functional groups attached to an aromatic ring is 1. The van der Waals surface area contributed by atoms with Gasteiger partial charge in [0.05, 0.1) is 17.6 Å². The lowest BCUT2D eigenvalue weighted by Gasteiger charge is -2.09. The fourth-order valence-corrected chi connectivity index (χ4v) is 2.62. The Morgan fingerprint density at radius 3 is 2.65 bits per heavy atom. The zero-order valence-corrected chi connectivity index (χ0v) is 12.0. The number of hydrogen-bond acceptors (Lipinski definition) is 6. The second kappa shape index (κ2) is 6.64. The van der Waals surface area contributed by atoms with Crippen LogP contribution in [0.25, 0.3) is 0 Å². The van der Waals surface area contributed by atoms with E-state index in [0.717, 1.165) is 12.1 Å². The maximum Gasteiger partial charge on any atom is 0.291 e. The molecule has 0 saturated heterocycles. The van der Waals surface area contributed by atoms with Crippen LogP contribution in [0.3, 0.4) is 0 Å². The smallest absolute Gasteiger partial charge is 0.291 e. The third-order valence-electron chi connectivity index (χ3n) is 2.31. The molecule has 0 aliphatic rings. The van der Waals surface area contributed by atoms with Gasteiger partial charge in [-0.15, -0.1) is 0 Å². The van der Waals surface area contributed by atoms with Gasteiger partial charge in [0.15, 0.2) is 4.90 Å². The number of nitro benzene ring substituents is 1. The summed E-state index contributed by atoms with van der Waals surface area (Å²) in [5, 5.41) is 10.9. The lowest BCUT2D eigenvalue weighted by molar-refractivity contribution is -0.387. The molecular weight excluding hydrogens is 286 g/mol. The molecule has 1 rings (SSSR count). The molecule has 0 aromatic heterocycles. The van der Waals surface area contributed by atoms with E-state index in [1.165, 1.54) is 6.07 Å². The second-order valence-corrected chi connectivity index (χ2v) is 6.04. The van der Waals surface area contributed by atoms with E-state index in [4.69, 9.17) is 10.5 Å². The van der Waals surface area contributed by atoms with Crippen molar-refractivity contribution in [2.45, 2.75) is 24.8 Å². The predicted molar refractivity (Wildman–Crippen MR) is 73.8 cm³/mol. The minimum absolute atomic E-state index is 0.0228. The Kier molecular flexibility index (Phi) is 5.43. The number of ether oxygens (including phenoxy) is 1. The summed E-state index contributed by atoms with van der Waals surface area (Å²) in [6, 6.07) is 3.42. The van der Waals surface area contributed by atoms with Gasteiger partial charge in [-0.2, -0.15) is 0 Å². The van der Waals surface area contributed by atoms with Gasteiger partial charge < -0.3 is 10.5 Å². The van der Waals surface area contributed by atoms with Crippen molar-refractivity contribution in [3.63, 3.8) is 0 Å². The van der Waals surface area contributed by atoms with Crippen LogP contribution in [-0.4, -0.2) is 32.6 Å². The van der Waals surface area contributed by atoms with Crippen LogP contribution in [0.15, 0.2) is 23.1 Å². The van der Waals surface area contributed by atoms with Gasteiger partial charge in [-0.3, -0.25) is 10.1 Å². The van der Waals surface area contributed by atoms with E-state index < -0.39 is 25.5 Å². The summed E-state index contributed by atoms with van der Waals surface area (Å²) in [6.45, 7) is 3.85. The minimum Gasteiger partial charge on any atom is -0.399 e. The maximum atomic E-state index is 12.0. The normalized spacial score (nSPS) is 11.8. The van der Waals surface area contributed by atoms with Crippen molar-refractivity contribution < 1.29 is 18.1 Å². The van der Waals surface area contributed by atoms with E-state index in [-0.39, 0.29) is 24.9 Å². The van der Waals surface area contributed by atoms with Crippen molar-refractivity contribution in [1.82, 2.24) is 4.72 Å². The number of nitro groups is 1. The minimum atomic E-state index is -3.98. The summed E-state index contributed by atoms with van der Waals surface area (Å²) in [5.74, 6) is 0. The van der Waals surface area contributed by atoms with Gasteiger partial charge >= 0.3 is 0 Å². The Hall–Kier alpha value is -1.71. The van der Waals surface area contributed by atoms with Crippen LogP contribution in [0.2, 0.25) is 0 Å². The summed E-state index contributed by atoms with van der Waals surface area (Å²) < 4.78 is 31.4. The topological polar surface area (TPSA) is 125 Å². The largest absolute Gasteiger partial charge is 0.399 e. The van der Waals surface area contributed by atoms with Crippen LogP contribution in [0.5, 0.6) is 0 Å². The molecule has 0 unspecified atom stereocenters. The predicted octanol–water partition coefficient (Wildman–Crippen LogP) is 0.880. The number of hydrogen-bond donors (Lipinski definition) is 2. The lowest BCUT2D eigenvalue weighted by Crippen LogP contribution is -2.28. The Morgan fingerprint density at radius 2 is 2.10 bits per heavy atom. The molecule has 20 heavy (non-hydrogen) atoms. The summed E-state index contributed by atoms with van der Waals surface area (Å²) in [5.41, 5.74) is 4.99. The first-order valence-electron chi connectivity index (χ1n) is 5.89. The van der Waals surface area contributed by atoms with E-state index in [1.807, 2.05) is 13.8 Å². The van der Waals surface area contributed by atoms with Crippen LogP contribution < -0.4 is 10.5 Å². The molecule has 0 spiro atoms. The van der Waals surface area contributed by atoms with E-state index in [0.29, 0.717) is 0 Å². The van der Waals surface area contributed by atoms with Gasteiger partial charge in [0.1, 0.15) is 0 Å². The number of rotatable bonds is 7. The number of nitrogens with two attached hydrogens (primary N) is 1. The molecule has 0 saturated carbocycles. The average Bonchev–Trinajstić information content (AvgIpc) is 2.34. The molecule has 1 aromatic rings. The Bertz CT molecular complexity index is 586. The summed E-state index contributed by atoms with van der Waals surface area (Å²) in [6.07, 6.45) is -0.0228. The van der Waals surface area contributed by atoms with Gasteiger partial charge in [-0.05, 0) is 26.0 Å². The summed E-state index contributed by atoms with van der Waals surface area (Å²) in [7, 11) is -3.98. The number of nitrogens with zero attached hydrogens (tertiary/aromatic N) is 1. The van der Waals surface area contributed by atoms with Crippen molar-refractivity contribution >= 4 is 21.4 Å². The fraction of sp³-hybridized carbons (Fsp3) is 0.455. The zero-order chi connectivity index (χ0) is 15.3. The Morgan fingerprint density at radius 1 is 1.45 bits per heavy atom. The first-order chi connectivity index (χ1) is 9.24. The molecule has 0 fully saturated rings. The molecule has 0 atom stereocenters. The summed E-state index contributed by atoms with van der Waals surface area (Å²) >= 11 is 0. The van der Waals surface area contributed by atoms with Crippen LogP contribution in [-0.2, 0) is 14.8 Å². The highest BCUT2D eigenvalue weighted by Crippen LogP contribution is 2.25. The van der Waals surface area contributed by atoms with Crippen molar-refractivity contribution in [2.75, 3.05) is 18.9 Å². The fourth-order valence-electron chi connectivity index (χ4n) is 1.45. The van der Waals surface area contributed by atoms with Gasteiger partial charge in [0.25, 0.3) is 5.69 Å². The molecule has 1 aromatic carbocycles. The zero-order valence-electron chi connectivity index (χ0n) is 11.2. The van der Waals surface area contributed by atoms with Crippen molar-refractivity contribution in [3.05, 3.63) is 28.3 Å². The molecule has 0 aliphatic carbocycles. The number of sulfonamides is 1. The van der Waals surface area contributed by atoms with Crippen molar-refractivity contribution in [2.24, 2.45) is 0 Å². The van der Waals surface area contributed by atoms with E-state index in [2.05, 4.69) is 4.72 Å². The maximum absolute atomic E-state index is 12.0. The number of anilines is 1. The Labute approximate surface area is 117 Å². The molecule has 8 nitrogen and oxygen atoms in total.